The van der Waals surface area contributed by atoms with Gasteiger partial charge in [0.2, 0.25) is 0 Å². The fraction of sp³-hybridized carbons (Fsp3) is 1.00. The predicted octanol–water partition coefficient (Wildman–Crippen LogP) is -0.761. The van der Waals surface area contributed by atoms with Gasteiger partial charge in [0, 0.05) is 38.8 Å². The van der Waals surface area contributed by atoms with Crippen molar-refractivity contribution in [2.45, 2.75) is 13.0 Å². The van der Waals surface area contributed by atoms with Crippen molar-refractivity contribution in [1.29, 1.82) is 0 Å². The van der Waals surface area contributed by atoms with Crippen LogP contribution < -0.4 is 11.1 Å². The van der Waals surface area contributed by atoms with Crippen LogP contribution in [-0.2, 0) is 0 Å². The SMILES string of the molecule is C[C@H](N)CN1CCNCC1. The molecule has 10 heavy (non-hydrogen) atoms. The molecule has 1 aliphatic heterocycles. The Bertz CT molecular complexity index is 86.9. The Labute approximate surface area is 62.6 Å². The van der Waals surface area contributed by atoms with Crippen molar-refractivity contribution >= 4 is 0 Å². The van der Waals surface area contributed by atoms with Crippen LogP contribution in [0, 0.1) is 0 Å². The first-order valence-electron chi connectivity index (χ1n) is 3.97. The summed E-state index contributed by atoms with van der Waals surface area (Å²) in [6.07, 6.45) is 0. The van der Waals surface area contributed by atoms with Gasteiger partial charge in [-0.15, -0.1) is 0 Å². The number of piperazine rings is 1. The molecule has 0 amide bonds. The minimum absolute atomic E-state index is 0.318. The molecule has 1 saturated heterocycles. The third-order valence-corrected chi connectivity index (χ3v) is 1.76. The first kappa shape index (κ1) is 7.98. The highest BCUT2D eigenvalue weighted by Crippen LogP contribution is 1.92. The average Bonchev–Trinajstić information content (AvgIpc) is 1.88. The Kier molecular flexibility index (Phi) is 3.12. The molecule has 0 aromatic heterocycles. The van der Waals surface area contributed by atoms with E-state index >= 15 is 0 Å². The summed E-state index contributed by atoms with van der Waals surface area (Å²) in [5.41, 5.74) is 5.66. The molecule has 60 valence electrons. The summed E-state index contributed by atoms with van der Waals surface area (Å²) in [5, 5.41) is 3.31. The number of hydrogen-bond acceptors (Lipinski definition) is 3. The summed E-state index contributed by atoms with van der Waals surface area (Å²) in [4.78, 5) is 2.40. The molecule has 0 spiro atoms. The molecule has 0 saturated carbocycles. The third-order valence-electron chi connectivity index (χ3n) is 1.76. The maximum atomic E-state index is 5.66. The first-order chi connectivity index (χ1) is 4.79. The maximum Gasteiger partial charge on any atom is 0.0139 e. The molecule has 1 heterocycles. The van der Waals surface area contributed by atoms with Crippen molar-refractivity contribution in [3.05, 3.63) is 0 Å². The van der Waals surface area contributed by atoms with Crippen LogP contribution >= 0.6 is 0 Å². The quantitative estimate of drug-likeness (QED) is 0.534. The van der Waals surface area contributed by atoms with E-state index in [-0.39, 0.29) is 0 Å². The standard InChI is InChI=1S/C7H17N3/c1-7(8)6-10-4-2-9-3-5-10/h7,9H,2-6,8H2,1H3/t7-/m0/s1. The van der Waals surface area contributed by atoms with Gasteiger partial charge in [0.05, 0.1) is 0 Å². The average molecular weight is 143 g/mol. The summed E-state index contributed by atoms with van der Waals surface area (Å²) < 4.78 is 0. The van der Waals surface area contributed by atoms with Gasteiger partial charge in [-0.3, -0.25) is 4.90 Å². The number of rotatable bonds is 2. The van der Waals surface area contributed by atoms with Gasteiger partial charge >= 0.3 is 0 Å². The molecule has 3 heteroatoms. The summed E-state index contributed by atoms with van der Waals surface area (Å²) >= 11 is 0. The number of nitrogens with two attached hydrogens (primary N) is 1. The fourth-order valence-corrected chi connectivity index (χ4v) is 1.30. The smallest absolute Gasteiger partial charge is 0.0139 e. The van der Waals surface area contributed by atoms with E-state index in [1.54, 1.807) is 0 Å². The minimum Gasteiger partial charge on any atom is -0.327 e. The van der Waals surface area contributed by atoms with E-state index in [2.05, 4.69) is 17.1 Å². The van der Waals surface area contributed by atoms with Crippen molar-refractivity contribution in [2.75, 3.05) is 32.7 Å². The van der Waals surface area contributed by atoms with Crippen LogP contribution in [0.15, 0.2) is 0 Å². The van der Waals surface area contributed by atoms with E-state index in [9.17, 15) is 0 Å². The number of hydrogen-bond donors (Lipinski definition) is 2. The van der Waals surface area contributed by atoms with Crippen LogP contribution in [0.4, 0.5) is 0 Å². The highest BCUT2D eigenvalue weighted by atomic mass is 15.2. The summed E-state index contributed by atoms with van der Waals surface area (Å²) in [7, 11) is 0. The molecule has 1 aliphatic rings. The van der Waals surface area contributed by atoms with E-state index in [4.69, 9.17) is 5.73 Å². The molecule has 3 N–H and O–H groups in total. The fourth-order valence-electron chi connectivity index (χ4n) is 1.30. The molecule has 0 radical (unpaired) electrons. The Morgan fingerprint density at radius 3 is 2.60 bits per heavy atom. The lowest BCUT2D eigenvalue weighted by Gasteiger charge is -2.28. The van der Waals surface area contributed by atoms with Crippen molar-refractivity contribution in [1.82, 2.24) is 10.2 Å². The molecular formula is C7H17N3. The van der Waals surface area contributed by atoms with Crippen molar-refractivity contribution < 1.29 is 0 Å². The second-order valence-electron chi connectivity index (χ2n) is 3.03. The van der Waals surface area contributed by atoms with E-state index in [0.717, 1.165) is 32.7 Å². The van der Waals surface area contributed by atoms with Crippen LogP contribution in [0.25, 0.3) is 0 Å². The van der Waals surface area contributed by atoms with Gasteiger partial charge in [-0.05, 0) is 6.92 Å². The minimum atomic E-state index is 0.318. The topological polar surface area (TPSA) is 41.3 Å². The Hall–Kier alpha value is -0.120. The molecular weight excluding hydrogens is 126 g/mol. The number of nitrogens with one attached hydrogen (secondary N) is 1. The number of nitrogens with zero attached hydrogens (tertiary/aromatic N) is 1. The highest BCUT2D eigenvalue weighted by Gasteiger charge is 2.09. The van der Waals surface area contributed by atoms with Gasteiger partial charge in [-0.2, -0.15) is 0 Å². The highest BCUT2D eigenvalue weighted by molar-refractivity contribution is 4.70. The Balaban J connectivity index is 2.13. The lowest BCUT2D eigenvalue weighted by atomic mass is 10.3. The van der Waals surface area contributed by atoms with Crippen LogP contribution in [0.5, 0.6) is 0 Å². The summed E-state index contributed by atoms with van der Waals surface area (Å²) in [5.74, 6) is 0. The van der Waals surface area contributed by atoms with E-state index < -0.39 is 0 Å². The first-order valence-corrected chi connectivity index (χ1v) is 3.97. The molecule has 1 atom stereocenters. The third kappa shape index (κ3) is 2.64. The molecule has 0 aliphatic carbocycles. The van der Waals surface area contributed by atoms with E-state index in [0.29, 0.717) is 6.04 Å². The maximum absolute atomic E-state index is 5.66. The normalized spacial score (nSPS) is 24.6. The van der Waals surface area contributed by atoms with Crippen LogP contribution in [0.2, 0.25) is 0 Å². The zero-order valence-corrected chi connectivity index (χ0v) is 6.64. The summed E-state index contributed by atoms with van der Waals surface area (Å²) in [6, 6.07) is 0.318. The van der Waals surface area contributed by atoms with Gasteiger partial charge in [0.15, 0.2) is 0 Å². The molecule has 1 rings (SSSR count). The molecule has 0 unspecified atom stereocenters. The summed E-state index contributed by atoms with van der Waals surface area (Å²) in [6.45, 7) is 7.65. The monoisotopic (exact) mass is 143 g/mol. The predicted molar refractivity (Wildman–Crippen MR) is 43.0 cm³/mol. The van der Waals surface area contributed by atoms with Crippen LogP contribution in [0.3, 0.4) is 0 Å². The Morgan fingerprint density at radius 1 is 1.50 bits per heavy atom. The second kappa shape index (κ2) is 3.91. The second-order valence-corrected chi connectivity index (χ2v) is 3.03. The van der Waals surface area contributed by atoms with Gasteiger partial charge in [0.25, 0.3) is 0 Å². The van der Waals surface area contributed by atoms with Crippen molar-refractivity contribution in [3.63, 3.8) is 0 Å². The zero-order valence-electron chi connectivity index (χ0n) is 6.64. The molecule has 0 aromatic rings. The molecule has 1 fully saturated rings. The van der Waals surface area contributed by atoms with Gasteiger partial charge in [-0.1, -0.05) is 0 Å². The van der Waals surface area contributed by atoms with Gasteiger partial charge in [0.1, 0.15) is 0 Å². The van der Waals surface area contributed by atoms with Crippen molar-refractivity contribution in [2.24, 2.45) is 5.73 Å². The Morgan fingerprint density at radius 2 is 2.10 bits per heavy atom. The largest absolute Gasteiger partial charge is 0.327 e. The van der Waals surface area contributed by atoms with Gasteiger partial charge in [-0.25, -0.2) is 0 Å². The van der Waals surface area contributed by atoms with Gasteiger partial charge < -0.3 is 11.1 Å². The van der Waals surface area contributed by atoms with Crippen LogP contribution in [-0.4, -0.2) is 43.7 Å². The van der Waals surface area contributed by atoms with E-state index in [1.165, 1.54) is 0 Å². The zero-order chi connectivity index (χ0) is 7.40. The molecule has 3 nitrogen and oxygen atoms in total. The molecule has 0 bridgehead atoms. The van der Waals surface area contributed by atoms with Crippen molar-refractivity contribution in [3.8, 4) is 0 Å². The van der Waals surface area contributed by atoms with Crippen LogP contribution in [0.1, 0.15) is 6.92 Å². The lowest BCUT2D eigenvalue weighted by Crippen LogP contribution is -2.47. The van der Waals surface area contributed by atoms with E-state index in [1.807, 2.05) is 0 Å². The lowest BCUT2D eigenvalue weighted by molar-refractivity contribution is 0.231. The molecule has 0 aromatic carbocycles.